The van der Waals surface area contributed by atoms with E-state index in [0.29, 0.717) is 5.56 Å². The number of halogens is 2. The van der Waals surface area contributed by atoms with E-state index >= 15 is 0 Å². The molecule has 3 aromatic carbocycles. The van der Waals surface area contributed by atoms with Crippen LogP contribution in [0.4, 0.5) is 8.78 Å². The normalized spacial score (nSPS) is 12.5. The van der Waals surface area contributed by atoms with Crippen molar-refractivity contribution in [2.75, 3.05) is 6.61 Å². The number of rotatable bonds is 11. The van der Waals surface area contributed by atoms with Gasteiger partial charge in [0.25, 0.3) is 5.91 Å². The highest BCUT2D eigenvalue weighted by atomic mass is 19.1. The maximum Gasteiger partial charge on any atom is 0.261 e. The van der Waals surface area contributed by atoms with E-state index < -0.39 is 30.2 Å². The van der Waals surface area contributed by atoms with E-state index in [0.717, 1.165) is 12.0 Å². The van der Waals surface area contributed by atoms with Crippen LogP contribution >= 0.6 is 0 Å². The molecule has 0 aliphatic heterocycles. The molecule has 35 heavy (non-hydrogen) atoms. The summed E-state index contributed by atoms with van der Waals surface area (Å²) in [5.74, 6) is -1.82. The van der Waals surface area contributed by atoms with Crippen LogP contribution in [0.1, 0.15) is 31.4 Å². The Hall–Kier alpha value is -3.74. The van der Waals surface area contributed by atoms with Gasteiger partial charge in [0.05, 0.1) is 0 Å². The molecule has 0 heterocycles. The third-order valence-corrected chi connectivity index (χ3v) is 5.73. The molecule has 3 aromatic rings. The number of benzene rings is 3. The van der Waals surface area contributed by atoms with Gasteiger partial charge in [-0.25, -0.2) is 8.78 Å². The number of hydrogen-bond acceptors (Lipinski definition) is 3. The molecule has 0 saturated heterocycles. The van der Waals surface area contributed by atoms with Gasteiger partial charge >= 0.3 is 0 Å². The molecule has 0 spiro atoms. The van der Waals surface area contributed by atoms with Crippen molar-refractivity contribution < 1.29 is 23.1 Å². The van der Waals surface area contributed by atoms with Crippen molar-refractivity contribution in [3.05, 3.63) is 102 Å². The van der Waals surface area contributed by atoms with Gasteiger partial charge in [0.2, 0.25) is 5.91 Å². The molecular weight excluding hydrogens is 450 g/mol. The van der Waals surface area contributed by atoms with E-state index in [2.05, 4.69) is 5.32 Å². The number of nitrogens with one attached hydrogen (secondary N) is 1. The first-order chi connectivity index (χ1) is 16.9. The van der Waals surface area contributed by atoms with Crippen LogP contribution in [0.2, 0.25) is 0 Å². The van der Waals surface area contributed by atoms with E-state index in [1.54, 1.807) is 18.2 Å². The van der Waals surface area contributed by atoms with Gasteiger partial charge in [-0.15, -0.1) is 0 Å². The maximum absolute atomic E-state index is 14.0. The molecule has 0 radical (unpaired) electrons. The van der Waals surface area contributed by atoms with Crippen molar-refractivity contribution in [1.29, 1.82) is 0 Å². The first-order valence-electron chi connectivity index (χ1n) is 11.6. The minimum Gasteiger partial charge on any atom is -0.481 e. The molecule has 5 nitrogen and oxygen atoms in total. The summed E-state index contributed by atoms with van der Waals surface area (Å²) in [4.78, 5) is 28.2. The van der Waals surface area contributed by atoms with Crippen LogP contribution in [-0.4, -0.2) is 35.4 Å². The molecule has 0 bridgehead atoms. The van der Waals surface area contributed by atoms with Crippen LogP contribution < -0.4 is 10.1 Å². The fourth-order valence-corrected chi connectivity index (χ4v) is 3.57. The van der Waals surface area contributed by atoms with Crippen LogP contribution in [-0.2, 0) is 22.6 Å². The van der Waals surface area contributed by atoms with Gasteiger partial charge in [-0.2, -0.15) is 0 Å². The minimum absolute atomic E-state index is 0.0498. The molecule has 0 unspecified atom stereocenters. The molecule has 0 aliphatic rings. The molecule has 184 valence electrons. The minimum atomic E-state index is -0.854. The van der Waals surface area contributed by atoms with E-state index in [9.17, 15) is 18.4 Å². The molecule has 0 aromatic heterocycles. The van der Waals surface area contributed by atoms with Crippen molar-refractivity contribution in [3.63, 3.8) is 0 Å². The Morgan fingerprint density at radius 3 is 2.23 bits per heavy atom. The molecule has 2 atom stereocenters. The van der Waals surface area contributed by atoms with Crippen LogP contribution in [0.15, 0.2) is 78.9 Å². The van der Waals surface area contributed by atoms with Crippen LogP contribution in [0, 0.1) is 11.6 Å². The van der Waals surface area contributed by atoms with Gasteiger partial charge in [0.15, 0.2) is 18.2 Å². The largest absolute Gasteiger partial charge is 0.481 e. The summed E-state index contributed by atoms with van der Waals surface area (Å²) in [5.41, 5.74) is 1.53. The first kappa shape index (κ1) is 25.9. The lowest BCUT2D eigenvalue weighted by Gasteiger charge is -2.32. The zero-order valence-electron chi connectivity index (χ0n) is 19.9. The summed E-state index contributed by atoms with van der Waals surface area (Å²) in [6.45, 7) is 3.46. The van der Waals surface area contributed by atoms with Crippen molar-refractivity contribution in [1.82, 2.24) is 10.2 Å². The highest BCUT2D eigenvalue weighted by molar-refractivity contribution is 5.88. The molecule has 0 fully saturated rings. The number of nitrogens with zero attached hydrogens (tertiary/aromatic N) is 1. The molecule has 0 aliphatic carbocycles. The SMILES string of the molecule is CC[C@H](C)NC(=O)[C@H](Cc1ccccc1)N(Cc1ccc(F)cc1)C(=O)COc1ccccc1F. The zero-order valence-corrected chi connectivity index (χ0v) is 19.9. The monoisotopic (exact) mass is 480 g/mol. The lowest BCUT2D eigenvalue weighted by molar-refractivity contribution is -0.143. The van der Waals surface area contributed by atoms with E-state index in [-0.39, 0.29) is 30.7 Å². The fraction of sp³-hybridized carbons (Fsp3) is 0.286. The van der Waals surface area contributed by atoms with Crippen LogP contribution in [0.25, 0.3) is 0 Å². The number of carbonyl (C=O) groups is 2. The summed E-state index contributed by atoms with van der Waals surface area (Å²) in [5, 5.41) is 2.97. The van der Waals surface area contributed by atoms with Crippen molar-refractivity contribution in [3.8, 4) is 5.75 Å². The Kier molecular flexibility index (Phi) is 9.35. The van der Waals surface area contributed by atoms with E-state index in [1.165, 1.54) is 35.2 Å². The summed E-state index contributed by atoms with van der Waals surface area (Å²) < 4.78 is 33.0. The Bertz CT molecular complexity index is 1110. The summed E-state index contributed by atoms with van der Waals surface area (Å²) in [6, 6.07) is 20.0. The lowest BCUT2D eigenvalue weighted by atomic mass is 10.0. The van der Waals surface area contributed by atoms with Gasteiger partial charge in [-0.3, -0.25) is 9.59 Å². The van der Waals surface area contributed by atoms with Gasteiger partial charge < -0.3 is 15.0 Å². The Morgan fingerprint density at radius 2 is 1.57 bits per heavy atom. The quantitative estimate of drug-likeness (QED) is 0.425. The standard InChI is InChI=1S/C28H30F2N2O3/c1-3-20(2)31-28(34)25(17-21-9-5-4-6-10-21)32(18-22-13-15-23(29)16-14-22)27(33)19-35-26-12-8-7-11-24(26)30/h4-16,20,25H,3,17-19H2,1-2H3,(H,31,34)/t20-,25-/m0/s1. The molecular formula is C28H30F2N2O3. The van der Waals surface area contributed by atoms with Crippen molar-refractivity contribution in [2.24, 2.45) is 0 Å². The average Bonchev–Trinajstić information content (AvgIpc) is 2.87. The lowest BCUT2D eigenvalue weighted by Crippen LogP contribution is -2.53. The zero-order chi connectivity index (χ0) is 25.2. The molecule has 0 saturated carbocycles. The molecule has 7 heteroatoms. The third kappa shape index (κ3) is 7.64. The fourth-order valence-electron chi connectivity index (χ4n) is 3.57. The summed E-state index contributed by atoms with van der Waals surface area (Å²) in [6.07, 6.45) is 1.00. The third-order valence-electron chi connectivity index (χ3n) is 5.73. The molecule has 1 N–H and O–H groups in total. The van der Waals surface area contributed by atoms with Crippen molar-refractivity contribution >= 4 is 11.8 Å². The highest BCUT2D eigenvalue weighted by Gasteiger charge is 2.31. The molecule has 2 amide bonds. The predicted octanol–water partition coefficient (Wildman–Crippen LogP) is 4.90. The number of para-hydroxylation sites is 1. The van der Waals surface area contributed by atoms with Gasteiger partial charge in [-0.05, 0) is 48.7 Å². The second-order valence-electron chi connectivity index (χ2n) is 8.39. The summed E-state index contributed by atoms with van der Waals surface area (Å²) in [7, 11) is 0. The van der Waals surface area contributed by atoms with Crippen molar-refractivity contribution in [2.45, 2.75) is 45.3 Å². The summed E-state index contributed by atoms with van der Waals surface area (Å²) >= 11 is 0. The van der Waals surface area contributed by atoms with Crippen LogP contribution in [0.5, 0.6) is 5.75 Å². The molecule has 3 rings (SSSR count). The second kappa shape index (κ2) is 12.6. The smallest absolute Gasteiger partial charge is 0.261 e. The topological polar surface area (TPSA) is 58.6 Å². The Morgan fingerprint density at radius 1 is 0.914 bits per heavy atom. The van der Waals surface area contributed by atoms with E-state index in [4.69, 9.17) is 4.74 Å². The van der Waals surface area contributed by atoms with Gasteiger partial charge in [-0.1, -0.05) is 61.5 Å². The van der Waals surface area contributed by atoms with E-state index in [1.807, 2.05) is 44.2 Å². The number of hydrogen-bond donors (Lipinski definition) is 1. The number of amides is 2. The second-order valence-corrected chi connectivity index (χ2v) is 8.39. The first-order valence-corrected chi connectivity index (χ1v) is 11.6. The number of carbonyl (C=O) groups excluding carboxylic acids is 2. The van der Waals surface area contributed by atoms with Gasteiger partial charge in [0.1, 0.15) is 11.9 Å². The van der Waals surface area contributed by atoms with Crippen LogP contribution in [0.3, 0.4) is 0 Å². The Labute approximate surface area is 204 Å². The number of ether oxygens (including phenoxy) is 1. The maximum atomic E-state index is 14.0. The van der Waals surface area contributed by atoms with Gasteiger partial charge in [0, 0.05) is 19.0 Å². The Balaban J connectivity index is 1.91. The average molecular weight is 481 g/mol. The predicted molar refractivity (Wildman–Crippen MR) is 131 cm³/mol. The highest BCUT2D eigenvalue weighted by Crippen LogP contribution is 2.18.